The Morgan fingerprint density at radius 3 is 2.92 bits per heavy atom. The third kappa shape index (κ3) is 4.19. The number of fused-ring (bicyclic) bond motifs is 1. The van der Waals surface area contributed by atoms with Crippen LogP contribution in [-0.2, 0) is 22.4 Å². The molecule has 1 atom stereocenters. The van der Waals surface area contributed by atoms with Crippen molar-refractivity contribution in [2.45, 2.75) is 26.2 Å². The van der Waals surface area contributed by atoms with E-state index < -0.39 is 5.97 Å². The molecule has 0 radical (unpaired) electrons. The van der Waals surface area contributed by atoms with E-state index in [1.54, 1.807) is 24.3 Å². The minimum Gasteiger partial charge on any atom is -0.484 e. The maximum absolute atomic E-state index is 12.3. The molecule has 1 N–H and O–H groups in total. The smallest absolute Gasteiger partial charge is 0.341 e. The molecule has 3 rings (SSSR count). The SMILES string of the molecule is COC(=O)c1c(NC(=O)COc2cccc(Cl)c2)sc2c1CCC(C)C2. The van der Waals surface area contributed by atoms with Gasteiger partial charge in [0.2, 0.25) is 0 Å². The number of hydrogen-bond donors (Lipinski definition) is 1. The number of anilines is 1. The van der Waals surface area contributed by atoms with Gasteiger partial charge in [0.15, 0.2) is 6.61 Å². The molecule has 1 aromatic heterocycles. The Labute approximate surface area is 161 Å². The summed E-state index contributed by atoms with van der Waals surface area (Å²) in [5, 5.41) is 3.88. The minimum absolute atomic E-state index is 0.167. The van der Waals surface area contributed by atoms with Crippen molar-refractivity contribution in [1.29, 1.82) is 0 Å². The zero-order valence-electron chi connectivity index (χ0n) is 14.6. The molecular formula is C19H20ClNO4S. The van der Waals surface area contributed by atoms with Crippen molar-refractivity contribution in [2.24, 2.45) is 5.92 Å². The lowest BCUT2D eigenvalue weighted by Crippen LogP contribution is -2.21. The van der Waals surface area contributed by atoms with Gasteiger partial charge in [-0.3, -0.25) is 4.79 Å². The number of hydrogen-bond acceptors (Lipinski definition) is 5. The lowest BCUT2D eigenvalue weighted by molar-refractivity contribution is -0.118. The lowest BCUT2D eigenvalue weighted by Gasteiger charge is -2.18. The molecule has 2 aromatic rings. The van der Waals surface area contributed by atoms with Crippen molar-refractivity contribution in [1.82, 2.24) is 0 Å². The van der Waals surface area contributed by atoms with Crippen molar-refractivity contribution in [3.63, 3.8) is 0 Å². The Hall–Kier alpha value is -2.05. The van der Waals surface area contributed by atoms with E-state index in [0.717, 1.165) is 29.7 Å². The van der Waals surface area contributed by atoms with Crippen molar-refractivity contribution in [2.75, 3.05) is 19.0 Å². The fourth-order valence-corrected chi connectivity index (χ4v) is 4.62. The highest BCUT2D eigenvalue weighted by molar-refractivity contribution is 7.17. The zero-order valence-corrected chi connectivity index (χ0v) is 16.2. The van der Waals surface area contributed by atoms with Gasteiger partial charge in [-0.2, -0.15) is 0 Å². The van der Waals surface area contributed by atoms with E-state index in [2.05, 4.69) is 12.2 Å². The molecule has 1 amide bonds. The van der Waals surface area contributed by atoms with Crippen LogP contribution in [0.1, 0.15) is 34.1 Å². The lowest BCUT2D eigenvalue weighted by atomic mass is 9.88. The predicted molar refractivity (Wildman–Crippen MR) is 102 cm³/mol. The fourth-order valence-electron chi connectivity index (χ4n) is 3.03. The molecule has 1 heterocycles. The van der Waals surface area contributed by atoms with E-state index >= 15 is 0 Å². The number of nitrogens with one attached hydrogen (secondary N) is 1. The van der Waals surface area contributed by atoms with Crippen LogP contribution in [0.5, 0.6) is 5.75 Å². The molecule has 0 aliphatic heterocycles. The van der Waals surface area contributed by atoms with Gasteiger partial charge < -0.3 is 14.8 Å². The normalized spacial score (nSPS) is 15.9. The molecule has 0 saturated heterocycles. The molecule has 0 spiro atoms. The second-order valence-electron chi connectivity index (χ2n) is 6.34. The first-order chi connectivity index (χ1) is 12.5. The quantitative estimate of drug-likeness (QED) is 0.768. The van der Waals surface area contributed by atoms with E-state index in [4.69, 9.17) is 21.1 Å². The highest BCUT2D eigenvalue weighted by atomic mass is 35.5. The second-order valence-corrected chi connectivity index (χ2v) is 7.88. The molecule has 1 aliphatic carbocycles. The summed E-state index contributed by atoms with van der Waals surface area (Å²) in [6.07, 6.45) is 2.77. The first-order valence-electron chi connectivity index (χ1n) is 8.39. The maximum Gasteiger partial charge on any atom is 0.341 e. The molecule has 5 nitrogen and oxygen atoms in total. The second kappa shape index (κ2) is 8.10. The molecule has 138 valence electrons. The number of esters is 1. The molecule has 1 aliphatic rings. The summed E-state index contributed by atoms with van der Waals surface area (Å²) in [5.41, 5.74) is 1.49. The summed E-state index contributed by atoms with van der Waals surface area (Å²) >= 11 is 7.35. The van der Waals surface area contributed by atoms with Crippen molar-refractivity contribution >= 4 is 39.8 Å². The van der Waals surface area contributed by atoms with Crippen LogP contribution in [0.2, 0.25) is 5.02 Å². The average Bonchev–Trinajstić information content (AvgIpc) is 2.96. The van der Waals surface area contributed by atoms with Crippen LogP contribution in [-0.4, -0.2) is 25.6 Å². The van der Waals surface area contributed by atoms with Crippen LogP contribution in [0.3, 0.4) is 0 Å². The Bertz CT molecular complexity index is 833. The van der Waals surface area contributed by atoms with E-state index in [9.17, 15) is 9.59 Å². The Balaban J connectivity index is 1.74. The van der Waals surface area contributed by atoms with E-state index in [0.29, 0.717) is 27.3 Å². The molecule has 26 heavy (non-hydrogen) atoms. The van der Waals surface area contributed by atoms with Crippen molar-refractivity contribution in [3.05, 3.63) is 45.3 Å². The van der Waals surface area contributed by atoms with Gasteiger partial charge in [0.1, 0.15) is 10.8 Å². The monoisotopic (exact) mass is 393 g/mol. The maximum atomic E-state index is 12.3. The topological polar surface area (TPSA) is 64.6 Å². The summed E-state index contributed by atoms with van der Waals surface area (Å²) in [6.45, 7) is 2.03. The summed E-state index contributed by atoms with van der Waals surface area (Å²) in [6, 6.07) is 6.85. The number of amides is 1. The molecule has 1 unspecified atom stereocenters. The average molecular weight is 394 g/mol. The molecule has 1 aromatic carbocycles. The van der Waals surface area contributed by atoms with Gasteiger partial charge in [-0.15, -0.1) is 11.3 Å². The fraction of sp³-hybridized carbons (Fsp3) is 0.368. The molecule has 0 bridgehead atoms. The first-order valence-corrected chi connectivity index (χ1v) is 9.58. The third-order valence-corrected chi connectivity index (χ3v) is 5.73. The third-order valence-electron chi connectivity index (χ3n) is 4.32. The number of halogens is 1. The zero-order chi connectivity index (χ0) is 18.7. The molecule has 7 heteroatoms. The van der Waals surface area contributed by atoms with Crippen LogP contribution in [0.4, 0.5) is 5.00 Å². The molecule has 0 fully saturated rings. The van der Waals surface area contributed by atoms with E-state index in [-0.39, 0.29) is 12.5 Å². The van der Waals surface area contributed by atoms with E-state index in [1.165, 1.54) is 18.4 Å². The number of rotatable bonds is 5. The van der Waals surface area contributed by atoms with Gasteiger partial charge in [0, 0.05) is 9.90 Å². The van der Waals surface area contributed by atoms with Crippen LogP contribution in [0.25, 0.3) is 0 Å². The van der Waals surface area contributed by atoms with Crippen LogP contribution < -0.4 is 10.1 Å². The van der Waals surface area contributed by atoms with Gasteiger partial charge in [-0.25, -0.2) is 4.79 Å². The number of methoxy groups -OCH3 is 1. The van der Waals surface area contributed by atoms with Crippen LogP contribution in [0.15, 0.2) is 24.3 Å². The number of carbonyl (C=O) groups excluding carboxylic acids is 2. The number of thiophene rings is 1. The van der Waals surface area contributed by atoms with Crippen LogP contribution >= 0.6 is 22.9 Å². The molecular weight excluding hydrogens is 374 g/mol. The summed E-state index contributed by atoms with van der Waals surface area (Å²) in [7, 11) is 1.35. The summed E-state index contributed by atoms with van der Waals surface area (Å²) in [4.78, 5) is 25.7. The standard InChI is InChI=1S/C19H20ClNO4S/c1-11-6-7-14-15(8-11)26-18(17(14)19(23)24-2)21-16(22)10-25-13-5-3-4-12(20)9-13/h3-5,9,11H,6-8,10H2,1-2H3,(H,21,22). The highest BCUT2D eigenvalue weighted by Gasteiger charge is 2.28. The Kier molecular flexibility index (Phi) is 5.84. The van der Waals surface area contributed by atoms with Crippen molar-refractivity contribution < 1.29 is 19.1 Å². The minimum atomic E-state index is -0.414. The Morgan fingerprint density at radius 2 is 2.19 bits per heavy atom. The largest absolute Gasteiger partial charge is 0.484 e. The van der Waals surface area contributed by atoms with Gasteiger partial charge >= 0.3 is 5.97 Å². The number of carbonyl (C=O) groups is 2. The van der Waals surface area contributed by atoms with Crippen molar-refractivity contribution in [3.8, 4) is 5.75 Å². The molecule has 0 saturated carbocycles. The van der Waals surface area contributed by atoms with Gasteiger partial charge in [0.25, 0.3) is 5.91 Å². The Morgan fingerprint density at radius 1 is 1.38 bits per heavy atom. The summed E-state index contributed by atoms with van der Waals surface area (Å²) < 4.78 is 10.4. The summed E-state index contributed by atoms with van der Waals surface area (Å²) in [5.74, 6) is 0.339. The van der Waals surface area contributed by atoms with Gasteiger partial charge in [0.05, 0.1) is 12.7 Å². The number of ether oxygens (including phenoxy) is 2. The van der Waals surface area contributed by atoms with Gasteiger partial charge in [-0.1, -0.05) is 24.6 Å². The van der Waals surface area contributed by atoms with Crippen LogP contribution in [0, 0.1) is 5.92 Å². The first kappa shape index (κ1) is 18.7. The number of benzene rings is 1. The highest BCUT2D eigenvalue weighted by Crippen LogP contribution is 2.40. The van der Waals surface area contributed by atoms with E-state index in [1.807, 2.05) is 0 Å². The predicted octanol–water partition coefficient (Wildman–Crippen LogP) is 4.33. The van der Waals surface area contributed by atoms with Gasteiger partial charge in [-0.05, 0) is 48.9 Å².